The van der Waals surface area contributed by atoms with E-state index in [1.54, 1.807) is 0 Å². The Labute approximate surface area is 132 Å². The third-order valence-electron chi connectivity index (χ3n) is 2.50. The molecule has 110 valence electrons. The molecule has 0 atom stereocenters. The van der Waals surface area contributed by atoms with Crippen molar-refractivity contribution >= 4 is 33.5 Å². The smallest absolute Gasteiger partial charge is 0.258 e. The number of carbonyl (C=O) groups is 1. The molecule has 0 aliphatic carbocycles. The lowest BCUT2D eigenvalue weighted by Crippen LogP contribution is -2.27. The lowest BCUT2D eigenvalue weighted by molar-refractivity contribution is 0.102. The highest BCUT2D eigenvalue weighted by Gasteiger charge is 2.12. The van der Waals surface area contributed by atoms with Gasteiger partial charge in [-0.05, 0) is 45.0 Å². The molecular weight excluding hydrogens is 332 g/mol. The second-order valence-corrected chi connectivity index (χ2v) is 6.55. The molecule has 2 rings (SSSR count). The van der Waals surface area contributed by atoms with E-state index in [1.807, 2.05) is 45.0 Å². The molecule has 0 radical (unpaired) electrons. The number of benzene rings is 1. The van der Waals surface area contributed by atoms with Crippen molar-refractivity contribution in [3.05, 3.63) is 46.7 Å². The number of aromatic nitrogens is 2. The van der Waals surface area contributed by atoms with Gasteiger partial charge in [0.05, 0.1) is 5.56 Å². The van der Waals surface area contributed by atoms with Crippen molar-refractivity contribution in [2.24, 2.45) is 0 Å². The second-order valence-electron chi connectivity index (χ2n) is 5.63. The van der Waals surface area contributed by atoms with Gasteiger partial charge in [0, 0.05) is 28.1 Å². The van der Waals surface area contributed by atoms with Gasteiger partial charge >= 0.3 is 0 Å². The molecule has 0 saturated heterocycles. The van der Waals surface area contributed by atoms with Gasteiger partial charge < -0.3 is 10.6 Å². The van der Waals surface area contributed by atoms with Gasteiger partial charge in [-0.15, -0.1) is 0 Å². The van der Waals surface area contributed by atoms with Crippen molar-refractivity contribution in [2.45, 2.75) is 26.3 Å². The number of amides is 1. The van der Waals surface area contributed by atoms with E-state index in [-0.39, 0.29) is 11.4 Å². The first-order valence-electron chi connectivity index (χ1n) is 6.51. The number of anilines is 2. The molecule has 0 unspecified atom stereocenters. The van der Waals surface area contributed by atoms with Crippen LogP contribution in [0.4, 0.5) is 11.6 Å². The minimum absolute atomic E-state index is 0.124. The average molecular weight is 349 g/mol. The molecule has 1 amide bonds. The fraction of sp³-hybridized carbons (Fsp3) is 0.267. The average Bonchev–Trinajstić information content (AvgIpc) is 2.40. The molecular formula is C15H17BrN4O. The number of hydrogen-bond acceptors (Lipinski definition) is 4. The van der Waals surface area contributed by atoms with Crippen molar-refractivity contribution in [3.8, 4) is 0 Å². The minimum Gasteiger partial charge on any atom is -0.350 e. The first-order chi connectivity index (χ1) is 9.83. The third-order valence-corrected chi connectivity index (χ3v) is 3.03. The van der Waals surface area contributed by atoms with Crippen molar-refractivity contribution in [1.82, 2.24) is 9.97 Å². The summed E-state index contributed by atoms with van der Waals surface area (Å²) < 4.78 is 0.960. The Balaban J connectivity index is 2.04. The molecule has 0 saturated carbocycles. The van der Waals surface area contributed by atoms with Gasteiger partial charge in [0.1, 0.15) is 0 Å². The Morgan fingerprint density at radius 1 is 1.10 bits per heavy atom. The first-order valence-corrected chi connectivity index (χ1v) is 7.30. The monoisotopic (exact) mass is 348 g/mol. The molecule has 6 heteroatoms. The summed E-state index contributed by atoms with van der Waals surface area (Å²) in [5.74, 6) is 0.266. The zero-order valence-corrected chi connectivity index (χ0v) is 13.7. The topological polar surface area (TPSA) is 66.9 Å². The Kier molecular flexibility index (Phi) is 4.57. The zero-order valence-electron chi connectivity index (χ0n) is 12.1. The Bertz CT molecular complexity index is 618. The molecule has 0 bridgehead atoms. The molecule has 0 aliphatic rings. The van der Waals surface area contributed by atoms with E-state index >= 15 is 0 Å². The lowest BCUT2D eigenvalue weighted by Gasteiger charge is -2.20. The summed E-state index contributed by atoms with van der Waals surface area (Å²) in [6, 6.07) is 7.36. The molecule has 1 aromatic heterocycles. The van der Waals surface area contributed by atoms with Crippen molar-refractivity contribution in [1.29, 1.82) is 0 Å². The number of carbonyl (C=O) groups excluding carboxylic acids is 1. The number of rotatable bonds is 3. The van der Waals surface area contributed by atoms with Crippen LogP contribution in [0.5, 0.6) is 0 Å². The molecule has 2 N–H and O–H groups in total. The van der Waals surface area contributed by atoms with Crippen LogP contribution in [-0.4, -0.2) is 21.4 Å². The van der Waals surface area contributed by atoms with Gasteiger partial charge in [0.2, 0.25) is 5.95 Å². The molecule has 1 aromatic carbocycles. The van der Waals surface area contributed by atoms with Crippen molar-refractivity contribution in [2.75, 3.05) is 10.6 Å². The summed E-state index contributed by atoms with van der Waals surface area (Å²) in [5.41, 5.74) is 1.01. The Hall–Kier alpha value is -1.95. The van der Waals surface area contributed by atoms with Crippen LogP contribution in [0.25, 0.3) is 0 Å². The minimum atomic E-state index is -0.236. The maximum atomic E-state index is 12.1. The molecule has 2 aromatic rings. The maximum absolute atomic E-state index is 12.1. The molecule has 0 fully saturated rings. The Morgan fingerprint density at radius 3 is 2.19 bits per heavy atom. The van der Waals surface area contributed by atoms with Crippen LogP contribution < -0.4 is 10.6 Å². The summed E-state index contributed by atoms with van der Waals surface area (Å²) in [5, 5.41) is 5.94. The fourth-order valence-electron chi connectivity index (χ4n) is 1.58. The second kappa shape index (κ2) is 6.22. The van der Waals surface area contributed by atoms with E-state index in [2.05, 4.69) is 36.5 Å². The summed E-state index contributed by atoms with van der Waals surface area (Å²) in [7, 11) is 0. The number of hydrogen-bond donors (Lipinski definition) is 2. The zero-order chi connectivity index (χ0) is 15.5. The van der Waals surface area contributed by atoms with Gasteiger partial charge in [0.25, 0.3) is 5.91 Å². The molecule has 0 spiro atoms. The summed E-state index contributed by atoms with van der Waals surface area (Å²) in [6.07, 6.45) is 3.02. The largest absolute Gasteiger partial charge is 0.350 e. The van der Waals surface area contributed by atoms with Crippen LogP contribution in [0.15, 0.2) is 41.1 Å². The Morgan fingerprint density at radius 2 is 1.67 bits per heavy atom. The highest BCUT2D eigenvalue weighted by Crippen LogP contribution is 2.15. The first kappa shape index (κ1) is 15.4. The van der Waals surface area contributed by atoms with Gasteiger partial charge in [0.15, 0.2) is 0 Å². The normalized spacial score (nSPS) is 11.0. The van der Waals surface area contributed by atoms with Crippen molar-refractivity contribution in [3.63, 3.8) is 0 Å². The van der Waals surface area contributed by atoms with Gasteiger partial charge in [-0.2, -0.15) is 0 Å². The SMILES string of the molecule is CC(C)(C)Nc1ncc(C(=O)Nc2ccc(Br)cc2)cn1. The van der Waals surface area contributed by atoms with Crippen molar-refractivity contribution < 1.29 is 4.79 Å². The quantitative estimate of drug-likeness (QED) is 0.887. The third kappa shape index (κ3) is 4.82. The van der Waals surface area contributed by atoms with E-state index in [9.17, 15) is 4.79 Å². The predicted molar refractivity (Wildman–Crippen MR) is 87.5 cm³/mol. The number of nitrogens with one attached hydrogen (secondary N) is 2. The predicted octanol–water partition coefficient (Wildman–Crippen LogP) is 3.70. The van der Waals surface area contributed by atoms with E-state index in [4.69, 9.17) is 0 Å². The van der Waals surface area contributed by atoms with E-state index in [0.717, 1.165) is 10.2 Å². The fourth-order valence-corrected chi connectivity index (χ4v) is 1.85. The summed E-state index contributed by atoms with van der Waals surface area (Å²) in [4.78, 5) is 20.4. The van der Waals surface area contributed by atoms with Gasteiger partial charge in [-0.1, -0.05) is 15.9 Å². The molecule has 1 heterocycles. The van der Waals surface area contributed by atoms with Crippen LogP contribution >= 0.6 is 15.9 Å². The van der Waals surface area contributed by atoms with E-state index < -0.39 is 0 Å². The molecule has 5 nitrogen and oxygen atoms in total. The molecule has 21 heavy (non-hydrogen) atoms. The van der Waals surface area contributed by atoms with Crippen LogP contribution in [0.3, 0.4) is 0 Å². The van der Waals surface area contributed by atoms with Crippen LogP contribution in [0.1, 0.15) is 31.1 Å². The van der Waals surface area contributed by atoms with Crippen LogP contribution in [0.2, 0.25) is 0 Å². The number of halogens is 1. The van der Waals surface area contributed by atoms with Crippen LogP contribution in [-0.2, 0) is 0 Å². The summed E-state index contributed by atoms with van der Waals surface area (Å²) in [6.45, 7) is 6.06. The highest BCUT2D eigenvalue weighted by molar-refractivity contribution is 9.10. The maximum Gasteiger partial charge on any atom is 0.258 e. The number of nitrogens with zero attached hydrogens (tertiary/aromatic N) is 2. The lowest BCUT2D eigenvalue weighted by atomic mass is 10.1. The summed E-state index contributed by atoms with van der Waals surface area (Å²) >= 11 is 3.35. The van der Waals surface area contributed by atoms with E-state index in [0.29, 0.717) is 11.5 Å². The highest BCUT2D eigenvalue weighted by atomic mass is 79.9. The standard InChI is InChI=1S/C15H17BrN4O/c1-15(2,3)20-14-17-8-10(9-18-14)13(21)19-12-6-4-11(16)5-7-12/h4-9H,1-3H3,(H,19,21)(H,17,18,20). The molecule has 0 aliphatic heterocycles. The van der Waals surface area contributed by atoms with Gasteiger partial charge in [-0.25, -0.2) is 9.97 Å². The van der Waals surface area contributed by atoms with E-state index in [1.165, 1.54) is 12.4 Å². The van der Waals surface area contributed by atoms with Crippen LogP contribution in [0, 0.1) is 0 Å². The van der Waals surface area contributed by atoms with Gasteiger partial charge in [-0.3, -0.25) is 4.79 Å².